The normalized spacial score (nSPS) is 15.7. The SMILES string of the molecule is CC(C)Oc1cccc(-c2cncc3cc(/C=C4\SC(=S)NC4=O)oc23)c1. The number of amides is 1. The Hall–Kier alpha value is -2.64. The Morgan fingerprint density at radius 2 is 2.15 bits per heavy atom. The zero-order chi connectivity index (χ0) is 19.0. The molecule has 0 saturated carbocycles. The van der Waals surface area contributed by atoms with Crippen molar-refractivity contribution < 1.29 is 13.9 Å². The average molecular weight is 396 g/mol. The van der Waals surface area contributed by atoms with Gasteiger partial charge in [-0.1, -0.05) is 36.1 Å². The molecular weight excluding hydrogens is 380 g/mol. The molecule has 0 spiro atoms. The highest BCUT2D eigenvalue weighted by molar-refractivity contribution is 8.26. The van der Waals surface area contributed by atoms with E-state index in [0.717, 1.165) is 22.3 Å². The van der Waals surface area contributed by atoms with Crippen LogP contribution in [0, 0.1) is 0 Å². The highest BCUT2D eigenvalue weighted by Gasteiger charge is 2.23. The number of ether oxygens (including phenoxy) is 1. The second kappa shape index (κ2) is 7.17. The molecule has 3 heterocycles. The number of rotatable bonds is 4. The number of thiocarbonyl (C=S) groups is 1. The van der Waals surface area contributed by atoms with Crippen molar-refractivity contribution >= 4 is 51.3 Å². The van der Waals surface area contributed by atoms with E-state index in [1.165, 1.54) is 11.8 Å². The van der Waals surface area contributed by atoms with Crippen molar-refractivity contribution in [1.82, 2.24) is 10.3 Å². The minimum atomic E-state index is -0.206. The Kier molecular flexibility index (Phi) is 4.72. The molecule has 1 aliphatic heterocycles. The fraction of sp³-hybridized carbons (Fsp3) is 0.150. The number of aromatic nitrogens is 1. The fourth-order valence-corrected chi connectivity index (χ4v) is 3.84. The molecule has 1 amide bonds. The quantitative estimate of drug-likeness (QED) is 0.506. The number of nitrogens with one attached hydrogen (secondary N) is 1. The predicted octanol–water partition coefficient (Wildman–Crippen LogP) is 4.77. The van der Waals surface area contributed by atoms with E-state index in [1.54, 1.807) is 18.5 Å². The summed E-state index contributed by atoms with van der Waals surface area (Å²) in [5.41, 5.74) is 2.53. The maximum Gasteiger partial charge on any atom is 0.263 e. The van der Waals surface area contributed by atoms with Gasteiger partial charge in [-0.3, -0.25) is 9.78 Å². The molecule has 0 radical (unpaired) electrons. The first-order valence-electron chi connectivity index (χ1n) is 8.39. The van der Waals surface area contributed by atoms with Crippen molar-refractivity contribution in [3.8, 4) is 16.9 Å². The number of benzene rings is 1. The van der Waals surface area contributed by atoms with E-state index in [-0.39, 0.29) is 12.0 Å². The summed E-state index contributed by atoms with van der Waals surface area (Å²) in [6, 6.07) is 9.69. The summed E-state index contributed by atoms with van der Waals surface area (Å²) < 4.78 is 12.3. The molecule has 27 heavy (non-hydrogen) atoms. The van der Waals surface area contributed by atoms with Gasteiger partial charge in [-0.05, 0) is 37.6 Å². The molecule has 0 bridgehead atoms. The van der Waals surface area contributed by atoms with Crippen LogP contribution in [0.4, 0.5) is 0 Å². The molecule has 1 N–H and O–H groups in total. The van der Waals surface area contributed by atoms with Gasteiger partial charge in [-0.15, -0.1) is 0 Å². The first-order chi connectivity index (χ1) is 13.0. The second-order valence-corrected chi connectivity index (χ2v) is 8.02. The lowest BCUT2D eigenvalue weighted by atomic mass is 10.1. The van der Waals surface area contributed by atoms with Crippen molar-refractivity contribution in [3.63, 3.8) is 0 Å². The molecule has 2 aromatic heterocycles. The number of thioether (sulfide) groups is 1. The summed E-state index contributed by atoms with van der Waals surface area (Å²) in [4.78, 5) is 16.7. The van der Waals surface area contributed by atoms with Crippen LogP contribution in [-0.4, -0.2) is 21.3 Å². The monoisotopic (exact) mass is 396 g/mol. The molecule has 1 fully saturated rings. The molecule has 4 rings (SSSR count). The van der Waals surface area contributed by atoms with Gasteiger partial charge in [0.1, 0.15) is 21.4 Å². The van der Waals surface area contributed by atoms with Gasteiger partial charge >= 0.3 is 0 Å². The van der Waals surface area contributed by atoms with Crippen LogP contribution in [0.5, 0.6) is 5.75 Å². The third-order valence-electron chi connectivity index (χ3n) is 3.87. The minimum Gasteiger partial charge on any atom is -0.491 e. The molecule has 1 aromatic carbocycles. The molecule has 1 saturated heterocycles. The van der Waals surface area contributed by atoms with Crippen molar-refractivity contribution in [1.29, 1.82) is 0 Å². The lowest BCUT2D eigenvalue weighted by molar-refractivity contribution is -0.115. The van der Waals surface area contributed by atoms with Gasteiger partial charge in [0.05, 0.1) is 11.0 Å². The molecule has 136 valence electrons. The van der Waals surface area contributed by atoms with Crippen molar-refractivity contribution in [2.45, 2.75) is 20.0 Å². The maximum absolute atomic E-state index is 11.9. The first-order valence-corrected chi connectivity index (χ1v) is 9.61. The molecular formula is C20H16N2O3S2. The Labute approximate surface area is 165 Å². The van der Waals surface area contributed by atoms with Gasteiger partial charge in [-0.2, -0.15) is 0 Å². The van der Waals surface area contributed by atoms with Crippen LogP contribution in [-0.2, 0) is 4.79 Å². The van der Waals surface area contributed by atoms with E-state index in [0.29, 0.717) is 20.6 Å². The van der Waals surface area contributed by atoms with Gasteiger partial charge in [0.25, 0.3) is 5.91 Å². The molecule has 7 heteroatoms. The zero-order valence-electron chi connectivity index (χ0n) is 14.7. The Bertz CT molecular complexity index is 1090. The van der Waals surface area contributed by atoms with E-state index in [4.69, 9.17) is 21.4 Å². The maximum atomic E-state index is 11.9. The number of hydrogen-bond donors (Lipinski definition) is 1. The predicted molar refractivity (Wildman–Crippen MR) is 112 cm³/mol. The standard InChI is InChI=1S/C20H16N2O3S2/c1-11(2)24-14-5-3-4-12(6-14)16-10-21-9-13-7-15(25-18(13)16)8-17-19(23)22-20(26)27-17/h3-11H,1-2H3,(H,22,23,26)/b17-8-. The number of carbonyl (C=O) groups is 1. The summed E-state index contributed by atoms with van der Waals surface area (Å²) >= 11 is 6.24. The number of nitrogens with zero attached hydrogens (tertiary/aromatic N) is 1. The van der Waals surface area contributed by atoms with Crippen molar-refractivity contribution in [2.24, 2.45) is 0 Å². The van der Waals surface area contributed by atoms with Crippen molar-refractivity contribution in [2.75, 3.05) is 0 Å². The molecule has 1 aliphatic rings. The van der Waals surface area contributed by atoms with E-state index >= 15 is 0 Å². The van der Waals surface area contributed by atoms with Crippen LogP contribution in [0.15, 0.2) is 52.0 Å². The van der Waals surface area contributed by atoms with Gasteiger partial charge in [0.15, 0.2) is 0 Å². The van der Waals surface area contributed by atoms with Gasteiger partial charge < -0.3 is 14.5 Å². The van der Waals surface area contributed by atoms with Crippen LogP contribution < -0.4 is 10.1 Å². The largest absolute Gasteiger partial charge is 0.491 e. The lowest BCUT2D eigenvalue weighted by Crippen LogP contribution is -2.17. The van der Waals surface area contributed by atoms with Gasteiger partial charge in [0, 0.05) is 29.4 Å². The van der Waals surface area contributed by atoms with Crippen LogP contribution in [0.1, 0.15) is 19.6 Å². The smallest absolute Gasteiger partial charge is 0.263 e. The van der Waals surface area contributed by atoms with E-state index in [2.05, 4.69) is 10.3 Å². The van der Waals surface area contributed by atoms with E-state index < -0.39 is 0 Å². The van der Waals surface area contributed by atoms with E-state index in [9.17, 15) is 4.79 Å². The molecule has 0 atom stereocenters. The fourth-order valence-electron chi connectivity index (χ4n) is 2.82. The summed E-state index contributed by atoms with van der Waals surface area (Å²) in [6.45, 7) is 3.98. The molecule has 5 nitrogen and oxygen atoms in total. The van der Waals surface area contributed by atoms with Crippen LogP contribution in [0.25, 0.3) is 28.2 Å². The first kappa shape index (κ1) is 17.8. The van der Waals surface area contributed by atoms with Gasteiger partial charge in [0.2, 0.25) is 0 Å². The van der Waals surface area contributed by atoms with Crippen LogP contribution in [0.3, 0.4) is 0 Å². The second-order valence-electron chi connectivity index (χ2n) is 6.30. The molecule has 0 aliphatic carbocycles. The summed E-state index contributed by atoms with van der Waals surface area (Å²) in [5, 5.41) is 3.46. The number of fused-ring (bicyclic) bond motifs is 1. The Morgan fingerprint density at radius 1 is 1.30 bits per heavy atom. The number of pyridine rings is 1. The topological polar surface area (TPSA) is 64.4 Å². The molecule has 0 unspecified atom stereocenters. The third-order valence-corrected chi connectivity index (χ3v) is 5.04. The summed E-state index contributed by atoms with van der Waals surface area (Å²) in [6.07, 6.45) is 5.30. The number of furan rings is 1. The minimum absolute atomic E-state index is 0.0946. The van der Waals surface area contributed by atoms with Crippen LogP contribution >= 0.6 is 24.0 Å². The van der Waals surface area contributed by atoms with E-state index in [1.807, 2.05) is 44.2 Å². The molecule has 3 aromatic rings. The average Bonchev–Trinajstić information content (AvgIpc) is 3.16. The van der Waals surface area contributed by atoms with Crippen molar-refractivity contribution in [3.05, 3.63) is 53.4 Å². The number of hydrogen-bond acceptors (Lipinski definition) is 6. The highest BCUT2D eigenvalue weighted by atomic mass is 32.2. The number of carbonyl (C=O) groups excluding carboxylic acids is 1. The lowest BCUT2D eigenvalue weighted by Gasteiger charge is -2.11. The Morgan fingerprint density at radius 3 is 2.89 bits per heavy atom. The summed E-state index contributed by atoms with van der Waals surface area (Å²) in [5.74, 6) is 1.17. The Balaban J connectivity index is 1.75. The summed E-state index contributed by atoms with van der Waals surface area (Å²) in [7, 11) is 0. The van der Waals surface area contributed by atoms with Crippen LogP contribution in [0.2, 0.25) is 0 Å². The van der Waals surface area contributed by atoms with Gasteiger partial charge in [-0.25, -0.2) is 0 Å². The zero-order valence-corrected chi connectivity index (χ0v) is 16.3. The highest BCUT2D eigenvalue weighted by Crippen LogP contribution is 2.34. The third kappa shape index (κ3) is 3.74.